The fourth-order valence-electron chi connectivity index (χ4n) is 1.76. The summed E-state index contributed by atoms with van der Waals surface area (Å²) in [5, 5.41) is 6.70. The van der Waals surface area contributed by atoms with Crippen LogP contribution in [-0.4, -0.2) is 14.8 Å². The number of ether oxygens (including phenoxy) is 1. The van der Waals surface area contributed by atoms with E-state index >= 15 is 0 Å². The van der Waals surface area contributed by atoms with Crippen LogP contribution in [0.3, 0.4) is 0 Å². The summed E-state index contributed by atoms with van der Waals surface area (Å²) in [5.74, 6) is -0.949. The van der Waals surface area contributed by atoms with Crippen LogP contribution in [0.5, 0.6) is 5.75 Å². The highest BCUT2D eigenvalue weighted by atomic mass is 32.1. The molecule has 20 heavy (non-hydrogen) atoms. The Labute approximate surface area is 119 Å². The number of hydrogen-bond donors (Lipinski definition) is 1. The van der Waals surface area contributed by atoms with E-state index in [1.807, 2.05) is 0 Å². The lowest BCUT2D eigenvalue weighted by atomic mass is 10.3. The Bertz CT molecular complexity index is 680. The number of H-pyrrole nitrogens is 1. The second kappa shape index (κ2) is 5.96. The fraction of sp³-hybridized carbons (Fsp3) is 0.231. The van der Waals surface area contributed by atoms with Crippen molar-refractivity contribution in [3.05, 3.63) is 53.1 Å². The summed E-state index contributed by atoms with van der Waals surface area (Å²) < 4.78 is 34.0. The van der Waals surface area contributed by atoms with Crippen LogP contribution in [0.15, 0.2) is 30.9 Å². The molecule has 2 rings (SSSR count). The zero-order valence-electron chi connectivity index (χ0n) is 10.8. The maximum Gasteiger partial charge on any atom is 0.195 e. The van der Waals surface area contributed by atoms with Crippen molar-refractivity contribution in [1.82, 2.24) is 14.8 Å². The summed E-state index contributed by atoms with van der Waals surface area (Å²) in [6, 6.07) is 3.13. The van der Waals surface area contributed by atoms with E-state index in [4.69, 9.17) is 17.0 Å². The highest BCUT2D eigenvalue weighted by molar-refractivity contribution is 7.71. The largest absolute Gasteiger partial charge is 0.480 e. The Kier molecular flexibility index (Phi) is 4.29. The summed E-state index contributed by atoms with van der Waals surface area (Å²) in [7, 11) is 0. The molecule has 1 aromatic carbocycles. The molecule has 1 heterocycles. The van der Waals surface area contributed by atoms with Gasteiger partial charge in [-0.25, -0.2) is 8.78 Å². The Morgan fingerprint density at radius 1 is 1.55 bits per heavy atom. The van der Waals surface area contributed by atoms with Crippen LogP contribution in [0.1, 0.15) is 18.9 Å². The number of halogens is 2. The van der Waals surface area contributed by atoms with Crippen molar-refractivity contribution in [3.63, 3.8) is 0 Å². The molecule has 7 heteroatoms. The number of benzene rings is 1. The van der Waals surface area contributed by atoms with Crippen LogP contribution in [0, 0.1) is 16.4 Å². The number of nitrogens with zero attached hydrogens (tertiary/aromatic N) is 2. The quantitative estimate of drug-likeness (QED) is 0.678. The highest BCUT2D eigenvalue weighted by Crippen LogP contribution is 2.24. The second-order valence-corrected chi connectivity index (χ2v) is 4.51. The average Bonchev–Trinajstić information content (AvgIpc) is 2.75. The lowest BCUT2D eigenvalue weighted by molar-refractivity contribution is 0.201. The highest BCUT2D eigenvalue weighted by Gasteiger charge is 2.17. The Morgan fingerprint density at radius 2 is 2.30 bits per heavy atom. The van der Waals surface area contributed by atoms with Crippen molar-refractivity contribution in [2.75, 3.05) is 0 Å². The first-order valence-electron chi connectivity index (χ1n) is 5.90. The van der Waals surface area contributed by atoms with Crippen LogP contribution in [0.4, 0.5) is 8.78 Å². The number of allylic oxidation sites excluding steroid dienone is 1. The molecule has 106 valence electrons. The molecule has 0 unspecified atom stereocenters. The smallest absolute Gasteiger partial charge is 0.195 e. The molecule has 0 saturated carbocycles. The molecule has 0 aliphatic heterocycles. The van der Waals surface area contributed by atoms with Crippen molar-refractivity contribution in [2.24, 2.45) is 0 Å². The lowest BCUT2D eigenvalue weighted by Gasteiger charge is -2.15. The van der Waals surface area contributed by atoms with Gasteiger partial charge in [0.25, 0.3) is 0 Å². The van der Waals surface area contributed by atoms with E-state index in [-0.39, 0.29) is 5.75 Å². The zero-order chi connectivity index (χ0) is 14.7. The molecule has 0 aliphatic carbocycles. The van der Waals surface area contributed by atoms with Crippen molar-refractivity contribution < 1.29 is 13.5 Å². The first-order chi connectivity index (χ1) is 9.52. The summed E-state index contributed by atoms with van der Waals surface area (Å²) in [4.78, 5) is 0. The molecule has 0 amide bonds. The molecule has 4 nitrogen and oxygen atoms in total. The van der Waals surface area contributed by atoms with Crippen LogP contribution in [0.25, 0.3) is 0 Å². The van der Waals surface area contributed by atoms with E-state index in [2.05, 4.69) is 16.8 Å². The minimum atomic E-state index is -0.763. The third kappa shape index (κ3) is 2.93. The normalized spacial score (nSPS) is 12.2. The Morgan fingerprint density at radius 3 is 2.95 bits per heavy atom. The monoisotopic (exact) mass is 297 g/mol. The van der Waals surface area contributed by atoms with Gasteiger partial charge in [-0.1, -0.05) is 6.08 Å². The Balaban J connectivity index is 2.26. The van der Waals surface area contributed by atoms with Gasteiger partial charge in [-0.3, -0.25) is 9.67 Å². The number of aromatic nitrogens is 3. The van der Waals surface area contributed by atoms with Gasteiger partial charge in [0.05, 0.1) is 0 Å². The zero-order valence-corrected chi connectivity index (χ0v) is 11.6. The first-order valence-corrected chi connectivity index (χ1v) is 6.31. The minimum Gasteiger partial charge on any atom is -0.480 e. The fourth-order valence-corrected chi connectivity index (χ4v) is 1.97. The van der Waals surface area contributed by atoms with Gasteiger partial charge in [0.2, 0.25) is 0 Å². The first kappa shape index (κ1) is 14.4. The third-order valence-corrected chi connectivity index (χ3v) is 2.97. The number of aromatic amines is 1. The summed E-state index contributed by atoms with van der Waals surface area (Å²) in [6.07, 6.45) is 1.11. The summed E-state index contributed by atoms with van der Waals surface area (Å²) in [6.45, 7) is 5.80. The maximum absolute atomic E-state index is 13.5. The van der Waals surface area contributed by atoms with Crippen LogP contribution in [-0.2, 0) is 6.54 Å². The van der Waals surface area contributed by atoms with Gasteiger partial charge >= 0.3 is 0 Å². The molecular formula is C13H13F2N3OS. The van der Waals surface area contributed by atoms with E-state index in [9.17, 15) is 8.78 Å². The van der Waals surface area contributed by atoms with Crippen LogP contribution in [0.2, 0.25) is 0 Å². The maximum atomic E-state index is 13.5. The van der Waals surface area contributed by atoms with E-state index in [0.717, 1.165) is 12.1 Å². The molecule has 0 aliphatic rings. The average molecular weight is 297 g/mol. The standard InChI is InChI=1S/C13H13F2N3OS/c1-3-6-18-12(16-17-13(18)20)8(2)19-11-5-4-9(14)7-10(11)15/h3-5,7-8H,1,6H2,2H3,(H,17,20)/t8-/m0/s1. The van der Waals surface area contributed by atoms with E-state index in [1.165, 1.54) is 6.07 Å². The molecule has 0 spiro atoms. The van der Waals surface area contributed by atoms with Gasteiger partial charge in [0.1, 0.15) is 5.82 Å². The topological polar surface area (TPSA) is 42.8 Å². The molecule has 1 N–H and O–H groups in total. The second-order valence-electron chi connectivity index (χ2n) is 4.12. The molecule has 0 bridgehead atoms. The number of rotatable bonds is 5. The minimum absolute atomic E-state index is 0.0435. The van der Waals surface area contributed by atoms with E-state index in [0.29, 0.717) is 17.1 Å². The number of nitrogens with one attached hydrogen (secondary N) is 1. The summed E-state index contributed by atoms with van der Waals surface area (Å²) in [5.41, 5.74) is 0. The molecule has 0 fully saturated rings. The van der Waals surface area contributed by atoms with Crippen molar-refractivity contribution in [3.8, 4) is 5.75 Å². The van der Waals surface area contributed by atoms with Crippen LogP contribution >= 0.6 is 12.2 Å². The predicted molar refractivity (Wildman–Crippen MR) is 73.0 cm³/mol. The van der Waals surface area contributed by atoms with E-state index in [1.54, 1.807) is 17.6 Å². The van der Waals surface area contributed by atoms with Crippen LogP contribution < -0.4 is 4.74 Å². The van der Waals surface area contributed by atoms with E-state index < -0.39 is 17.7 Å². The van der Waals surface area contributed by atoms with Gasteiger partial charge in [0.15, 0.2) is 28.3 Å². The third-order valence-electron chi connectivity index (χ3n) is 2.66. The predicted octanol–water partition coefficient (Wildman–Crippen LogP) is 3.54. The molecular weight excluding hydrogens is 284 g/mol. The van der Waals surface area contributed by atoms with Crippen molar-refractivity contribution in [2.45, 2.75) is 19.6 Å². The summed E-state index contributed by atoms with van der Waals surface area (Å²) >= 11 is 5.08. The van der Waals surface area contributed by atoms with Gasteiger partial charge in [-0.05, 0) is 31.3 Å². The molecule has 2 aromatic rings. The molecule has 1 atom stereocenters. The van der Waals surface area contributed by atoms with Crippen molar-refractivity contribution in [1.29, 1.82) is 0 Å². The van der Waals surface area contributed by atoms with Crippen molar-refractivity contribution >= 4 is 12.2 Å². The van der Waals surface area contributed by atoms with Gasteiger partial charge < -0.3 is 4.74 Å². The molecule has 0 saturated heterocycles. The molecule has 1 aromatic heterocycles. The number of hydrogen-bond acceptors (Lipinski definition) is 3. The van der Waals surface area contributed by atoms with Gasteiger partial charge in [-0.2, -0.15) is 5.10 Å². The SMILES string of the molecule is C=CCn1c([C@H](C)Oc2ccc(F)cc2F)n[nH]c1=S. The Hall–Kier alpha value is -2.02. The van der Waals surface area contributed by atoms with Gasteiger partial charge in [0, 0.05) is 12.6 Å². The molecule has 0 radical (unpaired) electrons. The lowest BCUT2D eigenvalue weighted by Crippen LogP contribution is -2.12. The van der Waals surface area contributed by atoms with Gasteiger partial charge in [-0.15, -0.1) is 6.58 Å².